The molecule has 0 radical (unpaired) electrons. The molecule has 0 aliphatic rings. The van der Waals surface area contributed by atoms with Crippen molar-refractivity contribution in [1.82, 2.24) is 14.8 Å². The Morgan fingerprint density at radius 1 is 1.44 bits per heavy atom. The van der Waals surface area contributed by atoms with Gasteiger partial charge < -0.3 is 10.5 Å². The standard InChI is InChI=1S/C12H15ClN4O/c1-8(2)17-12(15-7-16-17)6-18-11-5-9(14)3-4-10(11)13/h3-5,7-8H,6,14H2,1-2H3. The summed E-state index contributed by atoms with van der Waals surface area (Å²) in [6.45, 7) is 4.37. The number of aromatic nitrogens is 3. The molecule has 0 saturated heterocycles. The summed E-state index contributed by atoms with van der Waals surface area (Å²) in [7, 11) is 0. The Morgan fingerprint density at radius 3 is 2.94 bits per heavy atom. The molecule has 18 heavy (non-hydrogen) atoms. The van der Waals surface area contributed by atoms with Crippen LogP contribution in [-0.2, 0) is 6.61 Å². The van der Waals surface area contributed by atoms with Crippen LogP contribution in [-0.4, -0.2) is 14.8 Å². The molecule has 0 saturated carbocycles. The molecule has 2 rings (SSSR count). The predicted molar refractivity (Wildman–Crippen MR) is 70.6 cm³/mol. The molecule has 2 aromatic rings. The van der Waals surface area contributed by atoms with Crippen molar-refractivity contribution in [2.45, 2.75) is 26.5 Å². The van der Waals surface area contributed by atoms with Gasteiger partial charge in [-0.3, -0.25) is 0 Å². The average Bonchev–Trinajstić information content (AvgIpc) is 2.79. The van der Waals surface area contributed by atoms with Gasteiger partial charge in [-0.1, -0.05) is 11.6 Å². The van der Waals surface area contributed by atoms with Crippen molar-refractivity contribution in [3.05, 3.63) is 35.4 Å². The summed E-state index contributed by atoms with van der Waals surface area (Å²) in [6, 6.07) is 5.37. The van der Waals surface area contributed by atoms with Crippen molar-refractivity contribution in [3.63, 3.8) is 0 Å². The molecule has 0 bridgehead atoms. The summed E-state index contributed by atoms with van der Waals surface area (Å²) >= 11 is 6.02. The van der Waals surface area contributed by atoms with Gasteiger partial charge >= 0.3 is 0 Å². The van der Waals surface area contributed by atoms with Gasteiger partial charge in [0.25, 0.3) is 0 Å². The van der Waals surface area contributed by atoms with E-state index in [1.165, 1.54) is 6.33 Å². The SMILES string of the molecule is CC(C)n1ncnc1COc1cc(N)ccc1Cl. The van der Waals surface area contributed by atoms with E-state index in [-0.39, 0.29) is 6.04 Å². The summed E-state index contributed by atoms with van der Waals surface area (Å²) < 4.78 is 7.42. The minimum absolute atomic E-state index is 0.238. The number of hydrogen-bond donors (Lipinski definition) is 1. The lowest BCUT2D eigenvalue weighted by Crippen LogP contribution is -2.10. The van der Waals surface area contributed by atoms with Crippen molar-refractivity contribution in [2.24, 2.45) is 0 Å². The second kappa shape index (κ2) is 5.27. The lowest BCUT2D eigenvalue weighted by molar-refractivity contribution is 0.283. The summed E-state index contributed by atoms with van der Waals surface area (Å²) in [6.07, 6.45) is 1.51. The zero-order valence-corrected chi connectivity index (χ0v) is 11.1. The zero-order valence-electron chi connectivity index (χ0n) is 10.3. The van der Waals surface area contributed by atoms with Crippen molar-refractivity contribution >= 4 is 17.3 Å². The number of benzene rings is 1. The van der Waals surface area contributed by atoms with E-state index >= 15 is 0 Å². The summed E-state index contributed by atoms with van der Waals surface area (Å²) in [5.74, 6) is 1.30. The van der Waals surface area contributed by atoms with E-state index in [2.05, 4.69) is 10.1 Å². The normalized spacial score (nSPS) is 10.9. The second-order valence-corrected chi connectivity index (χ2v) is 4.60. The Morgan fingerprint density at radius 2 is 2.22 bits per heavy atom. The Labute approximate surface area is 111 Å². The third-order valence-electron chi connectivity index (χ3n) is 2.45. The molecule has 0 aliphatic carbocycles. The highest BCUT2D eigenvalue weighted by molar-refractivity contribution is 6.32. The molecule has 0 unspecified atom stereocenters. The highest BCUT2D eigenvalue weighted by Crippen LogP contribution is 2.27. The van der Waals surface area contributed by atoms with Gasteiger partial charge in [0.05, 0.1) is 5.02 Å². The van der Waals surface area contributed by atoms with Crippen LogP contribution >= 0.6 is 11.6 Å². The monoisotopic (exact) mass is 266 g/mol. The van der Waals surface area contributed by atoms with E-state index < -0.39 is 0 Å². The van der Waals surface area contributed by atoms with E-state index in [9.17, 15) is 0 Å². The molecule has 1 aromatic carbocycles. The molecule has 2 N–H and O–H groups in total. The fourth-order valence-electron chi connectivity index (χ4n) is 1.58. The number of halogens is 1. The molecule has 5 nitrogen and oxygen atoms in total. The number of nitrogens with zero attached hydrogens (tertiary/aromatic N) is 3. The summed E-state index contributed by atoms with van der Waals surface area (Å²) in [5.41, 5.74) is 6.29. The van der Waals surface area contributed by atoms with Crippen LogP contribution in [0.1, 0.15) is 25.7 Å². The Hall–Kier alpha value is -1.75. The fourth-order valence-corrected chi connectivity index (χ4v) is 1.75. The largest absolute Gasteiger partial charge is 0.484 e. The first-order valence-corrected chi connectivity index (χ1v) is 6.02. The quantitative estimate of drug-likeness (QED) is 0.864. The molecular weight excluding hydrogens is 252 g/mol. The van der Waals surface area contributed by atoms with Crippen LogP contribution in [0.25, 0.3) is 0 Å². The van der Waals surface area contributed by atoms with E-state index in [0.29, 0.717) is 23.1 Å². The van der Waals surface area contributed by atoms with Crippen molar-refractivity contribution in [3.8, 4) is 5.75 Å². The van der Waals surface area contributed by atoms with Crippen LogP contribution in [0.4, 0.5) is 5.69 Å². The first-order chi connectivity index (χ1) is 8.58. The molecule has 96 valence electrons. The lowest BCUT2D eigenvalue weighted by atomic mass is 10.3. The molecular formula is C12H15ClN4O. The number of anilines is 1. The maximum absolute atomic E-state index is 6.02. The first-order valence-electron chi connectivity index (χ1n) is 5.64. The summed E-state index contributed by atoms with van der Waals surface area (Å²) in [5, 5.41) is 4.66. The molecule has 0 amide bonds. The van der Waals surface area contributed by atoms with E-state index in [1.807, 2.05) is 13.8 Å². The fraction of sp³-hybridized carbons (Fsp3) is 0.333. The van der Waals surface area contributed by atoms with Gasteiger partial charge in [-0.25, -0.2) is 9.67 Å². The second-order valence-electron chi connectivity index (χ2n) is 4.19. The number of hydrogen-bond acceptors (Lipinski definition) is 4. The summed E-state index contributed by atoms with van der Waals surface area (Å²) in [4.78, 5) is 4.16. The number of nitrogens with two attached hydrogens (primary N) is 1. The van der Waals surface area contributed by atoms with Gasteiger partial charge in [0.15, 0.2) is 5.82 Å². The zero-order chi connectivity index (χ0) is 13.1. The van der Waals surface area contributed by atoms with Gasteiger partial charge in [-0.15, -0.1) is 0 Å². The minimum Gasteiger partial charge on any atom is -0.484 e. The number of ether oxygens (including phenoxy) is 1. The van der Waals surface area contributed by atoms with Crippen LogP contribution in [0.5, 0.6) is 5.75 Å². The van der Waals surface area contributed by atoms with Gasteiger partial charge in [0, 0.05) is 17.8 Å². The maximum atomic E-state index is 6.02. The van der Waals surface area contributed by atoms with Crippen molar-refractivity contribution in [1.29, 1.82) is 0 Å². The highest BCUT2D eigenvalue weighted by atomic mass is 35.5. The first kappa shape index (κ1) is 12.7. The third kappa shape index (κ3) is 2.73. The Kier molecular flexibility index (Phi) is 3.72. The molecule has 1 heterocycles. The van der Waals surface area contributed by atoms with E-state index in [0.717, 1.165) is 5.82 Å². The van der Waals surface area contributed by atoms with Gasteiger partial charge in [0.1, 0.15) is 18.7 Å². The van der Waals surface area contributed by atoms with E-state index in [4.69, 9.17) is 22.1 Å². The van der Waals surface area contributed by atoms with Crippen LogP contribution in [0, 0.1) is 0 Å². The minimum atomic E-state index is 0.238. The number of rotatable bonds is 4. The molecule has 0 spiro atoms. The van der Waals surface area contributed by atoms with Crippen molar-refractivity contribution < 1.29 is 4.74 Å². The van der Waals surface area contributed by atoms with Crippen LogP contribution in [0.2, 0.25) is 5.02 Å². The molecule has 0 aliphatic heterocycles. The Balaban J connectivity index is 2.11. The third-order valence-corrected chi connectivity index (χ3v) is 2.76. The molecule has 0 fully saturated rings. The highest BCUT2D eigenvalue weighted by Gasteiger charge is 2.09. The molecule has 0 atom stereocenters. The van der Waals surface area contributed by atoms with Crippen LogP contribution < -0.4 is 10.5 Å². The van der Waals surface area contributed by atoms with Gasteiger partial charge in [-0.05, 0) is 26.0 Å². The van der Waals surface area contributed by atoms with Gasteiger partial charge in [0.2, 0.25) is 0 Å². The van der Waals surface area contributed by atoms with Gasteiger partial charge in [-0.2, -0.15) is 5.10 Å². The number of nitrogen functional groups attached to an aromatic ring is 1. The molecule has 1 aromatic heterocycles. The van der Waals surface area contributed by atoms with Crippen molar-refractivity contribution in [2.75, 3.05) is 5.73 Å². The lowest BCUT2D eigenvalue weighted by Gasteiger charge is -2.11. The smallest absolute Gasteiger partial charge is 0.165 e. The maximum Gasteiger partial charge on any atom is 0.165 e. The topological polar surface area (TPSA) is 66.0 Å². The van der Waals surface area contributed by atoms with E-state index in [1.54, 1.807) is 22.9 Å². The predicted octanol–water partition coefficient (Wildman–Crippen LogP) is 2.67. The van der Waals surface area contributed by atoms with Crippen LogP contribution in [0.15, 0.2) is 24.5 Å². The Bertz CT molecular complexity index is 539. The molecule has 6 heteroatoms. The average molecular weight is 267 g/mol. The van der Waals surface area contributed by atoms with Crippen LogP contribution in [0.3, 0.4) is 0 Å².